The molecule has 4 N–H and O–H groups in total. The van der Waals surface area contributed by atoms with Crippen LogP contribution in [0.1, 0.15) is 73.0 Å². The van der Waals surface area contributed by atoms with Crippen LogP contribution in [0.25, 0.3) is 22.8 Å². The highest BCUT2D eigenvalue weighted by atomic mass is 19.3. The van der Waals surface area contributed by atoms with E-state index >= 15 is 0 Å². The summed E-state index contributed by atoms with van der Waals surface area (Å²) < 4.78 is 38.0. The van der Waals surface area contributed by atoms with Gasteiger partial charge in [-0.15, -0.1) is 0 Å². The summed E-state index contributed by atoms with van der Waals surface area (Å²) in [5, 5.41) is 25.1. The zero-order valence-electron chi connectivity index (χ0n) is 23.5. The molecule has 0 amide bonds. The lowest BCUT2D eigenvalue weighted by Crippen LogP contribution is -2.43. The van der Waals surface area contributed by atoms with Crippen molar-refractivity contribution in [1.29, 1.82) is 5.26 Å². The lowest BCUT2D eigenvalue weighted by atomic mass is 9.87. The first-order valence-electron chi connectivity index (χ1n) is 15.0. The largest absolute Gasteiger partial charge is 0.485 e. The minimum atomic E-state index is -2.62. The lowest BCUT2D eigenvalue weighted by molar-refractivity contribution is 0.0486. The number of benzene rings is 1. The average molecular weight is 579 g/mol. The van der Waals surface area contributed by atoms with E-state index in [0.29, 0.717) is 56.1 Å². The topological polar surface area (TPSA) is 122 Å². The van der Waals surface area contributed by atoms with E-state index in [1.165, 1.54) is 0 Å². The predicted molar refractivity (Wildman–Crippen MR) is 152 cm³/mol. The van der Waals surface area contributed by atoms with Crippen molar-refractivity contribution in [3.05, 3.63) is 45.3 Å². The number of aliphatic hydroxyl groups is 1. The SMILES string of the molecule is N#Cc1c(C2CC2)[nH]c2c1=CNC(O)C=2c1nc2c(OCC(F)F)c(C3CCN(CC4CCOCC4)CC3)ccc2[nH]1. The minimum Gasteiger partial charge on any atom is -0.485 e. The summed E-state index contributed by atoms with van der Waals surface area (Å²) in [6.07, 6.45) is 4.06. The number of hydrogen-bond acceptors (Lipinski definition) is 7. The number of likely N-dealkylation sites (tertiary alicyclic amines) is 1. The van der Waals surface area contributed by atoms with Crippen LogP contribution in [0.15, 0.2) is 12.1 Å². The van der Waals surface area contributed by atoms with Crippen LogP contribution >= 0.6 is 0 Å². The van der Waals surface area contributed by atoms with Gasteiger partial charge in [0.1, 0.15) is 24.0 Å². The van der Waals surface area contributed by atoms with Crippen LogP contribution in [0.4, 0.5) is 8.78 Å². The number of imidazole rings is 1. The molecule has 1 saturated carbocycles. The summed E-state index contributed by atoms with van der Waals surface area (Å²) in [4.78, 5) is 14.0. The Kier molecular flexibility index (Phi) is 7.38. The van der Waals surface area contributed by atoms with Crippen LogP contribution in [0.5, 0.6) is 5.75 Å². The zero-order valence-corrected chi connectivity index (χ0v) is 23.5. The molecule has 3 fully saturated rings. The van der Waals surface area contributed by atoms with Gasteiger partial charge in [0.05, 0.1) is 22.0 Å². The van der Waals surface area contributed by atoms with Crippen LogP contribution in [0.2, 0.25) is 0 Å². The quantitative estimate of drug-likeness (QED) is 0.324. The number of alkyl halides is 2. The Bertz CT molecular complexity index is 1620. The molecule has 1 aromatic carbocycles. The number of fused-ring (bicyclic) bond motifs is 2. The van der Waals surface area contributed by atoms with Gasteiger partial charge in [0.2, 0.25) is 0 Å². The van der Waals surface area contributed by atoms with E-state index in [2.05, 4.69) is 26.3 Å². The van der Waals surface area contributed by atoms with E-state index in [9.17, 15) is 19.1 Å². The number of rotatable bonds is 8. The van der Waals surface area contributed by atoms with Crippen molar-refractivity contribution in [1.82, 2.24) is 25.2 Å². The number of nitrogens with one attached hydrogen (secondary N) is 3. The average Bonchev–Trinajstić information content (AvgIpc) is 3.64. The van der Waals surface area contributed by atoms with E-state index in [0.717, 1.165) is 82.6 Å². The zero-order chi connectivity index (χ0) is 28.8. The molecule has 9 nitrogen and oxygen atoms in total. The molecule has 2 saturated heterocycles. The van der Waals surface area contributed by atoms with Gasteiger partial charge in [-0.1, -0.05) is 6.07 Å². The predicted octanol–water partition coefficient (Wildman–Crippen LogP) is 2.75. The van der Waals surface area contributed by atoms with Gasteiger partial charge in [-0.2, -0.15) is 5.26 Å². The molecule has 0 spiro atoms. The Hall–Kier alpha value is -3.46. The fraction of sp³-hybridized carbons (Fsp3) is 0.548. The molecule has 7 rings (SSSR count). The molecule has 5 heterocycles. The molecular formula is C31H36F2N6O3. The van der Waals surface area contributed by atoms with E-state index in [-0.39, 0.29) is 5.92 Å². The van der Waals surface area contributed by atoms with Crippen molar-refractivity contribution in [3.8, 4) is 11.8 Å². The number of aromatic amines is 2. The highest BCUT2D eigenvalue weighted by Crippen LogP contribution is 2.41. The molecular weight excluding hydrogens is 542 g/mol. The third kappa shape index (κ3) is 5.16. The Labute approximate surface area is 242 Å². The maximum Gasteiger partial charge on any atom is 0.272 e. The molecule has 4 aliphatic rings. The van der Waals surface area contributed by atoms with Crippen molar-refractivity contribution in [2.24, 2.45) is 5.92 Å². The molecule has 1 unspecified atom stereocenters. The summed E-state index contributed by atoms with van der Waals surface area (Å²) in [6.45, 7) is 3.95. The second-order valence-corrected chi connectivity index (χ2v) is 12.0. The second-order valence-electron chi connectivity index (χ2n) is 12.0. The maximum atomic E-state index is 13.4. The van der Waals surface area contributed by atoms with Gasteiger partial charge in [-0.05, 0) is 75.1 Å². The first-order valence-corrected chi connectivity index (χ1v) is 15.0. The van der Waals surface area contributed by atoms with Crippen LogP contribution in [-0.4, -0.2) is 77.1 Å². The van der Waals surface area contributed by atoms with Gasteiger partial charge in [0.15, 0.2) is 12.0 Å². The first kappa shape index (κ1) is 27.4. The Balaban J connectivity index is 1.23. The van der Waals surface area contributed by atoms with Crippen molar-refractivity contribution >= 4 is 22.8 Å². The second kappa shape index (κ2) is 11.3. The number of halogens is 2. The van der Waals surface area contributed by atoms with Gasteiger partial charge >= 0.3 is 0 Å². The van der Waals surface area contributed by atoms with Gasteiger partial charge in [0.25, 0.3) is 6.43 Å². The van der Waals surface area contributed by atoms with Gasteiger partial charge in [-0.3, -0.25) is 0 Å². The third-order valence-corrected chi connectivity index (χ3v) is 9.23. The first-order chi connectivity index (χ1) is 20.5. The van der Waals surface area contributed by atoms with E-state index in [1.54, 1.807) is 6.20 Å². The van der Waals surface area contributed by atoms with Gasteiger partial charge in [0, 0.05) is 42.8 Å². The van der Waals surface area contributed by atoms with Crippen LogP contribution < -0.4 is 20.6 Å². The van der Waals surface area contributed by atoms with Crippen LogP contribution in [-0.2, 0) is 4.74 Å². The number of ether oxygens (including phenoxy) is 2. The summed E-state index contributed by atoms with van der Waals surface area (Å²) in [6, 6.07) is 6.21. The highest BCUT2D eigenvalue weighted by Gasteiger charge is 2.32. The number of hydrogen-bond donors (Lipinski definition) is 4. The molecule has 0 bridgehead atoms. The fourth-order valence-electron chi connectivity index (χ4n) is 6.85. The molecule has 1 aliphatic carbocycles. The number of piperidine rings is 1. The third-order valence-electron chi connectivity index (χ3n) is 9.23. The number of H-pyrrole nitrogens is 2. The molecule has 0 radical (unpaired) electrons. The summed E-state index contributed by atoms with van der Waals surface area (Å²) in [5.41, 5.74) is 3.95. The Morgan fingerprint density at radius 1 is 1.10 bits per heavy atom. The van der Waals surface area contributed by atoms with Crippen LogP contribution in [0.3, 0.4) is 0 Å². The smallest absolute Gasteiger partial charge is 0.272 e. The van der Waals surface area contributed by atoms with E-state index in [1.807, 2.05) is 12.1 Å². The molecule has 2 aromatic heterocycles. The van der Waals surface area contributed by atoms with Crippen molar-refractivity contribution in [2.75, 3.05) is 39.5 Å². The number of aromatic nitrogens is 3. The van der Waals surface area contributed by atoms with Crippen molar-refractivity contribution < 1.29 is 23.4 Å². The van der Waals surface area contributed by atoms with E-state index < -0.39 is 19.3 Å². The molecule has 1 atom stereocenters. The molecule has 3 aliphatic heterocycles. The normalized spacial score (nSPS) is 22.2. The van der Waals surface area contributed by atoms with Crippen molar-refractivity contribution in [2.45, 2.75) is 63.0 Å². The maximum absolute atomic E-state index is 13.4. The number of aliphatic hydroxyl groups excluding tert-OH is 1. The molecule has 3 aromatic rings. The Morgan fingerprint density at radius 2 is 1.88 bits per heavy atom. The molecule has 222 valence electrons. The lowest BCUT2D eigenvalue weighted by Gasteiger charge is -2.35. The minimum absolute atomic E-state index is 0.173. The summed E-state index contributed by atoms with van der Waals surface area (Å²) in [7, 11) is 0. The van der Waals surface area contributed by atoms with Gasteiger partial charge < -0.3 is 34.8 Å². The Morgan fingerprint density at radius 3 is 2.60 bits per heavy atom. The van der Waals surface area contributed by atoms with Crippen molar-refractivity contribution in [3.63, 3.8) is 0 Å². The summed E-state index contributed by atoms with van der Waals surface area (Å²) in [5.74, 6) is 1.94. The van der Waals surface area contributed by atoms with Crippen LogP contribution in [0, 0.1) is 17.2 Å². The molecule has 42 heavy (non-hydrogen) atoms. The molecule has 11 heteroatoms. The highest BCUT2D eigenvalue weighted by molar-refractivity contribution is 5.86. The van der Waals surface area contributed by atoms with E-state index in [4.69, 9.17) is 14.5 Å². The summed E-state index contributed by atoms with van der Waals surface area (Å²) >= 11 is 0. The standard InChI is InChI=1S/C31H36F2N6O3/c32-24(33)16-42-29-20(18-5-9-39(10-6-18)15-17-7-11-41-12-8-17)3-4-23-28(29)38-30(36-23)25-27-22(14-35-31(25)40)21(13-34)26(37-27)19-1-2-19/h3-4,14,17-19,24,31,35,37,40H,1-2,5-12,15-16H2,(H,36,38). The fourth-order valence-corrected chi connectivity index (χ4v) is 6.85. The number of nitrogens with zero attached hydrogens (tertiary/aromatic N) is 3. The monoisotopic (exact) mass is 578 g/mol. The number of nitriles is 1. The van der Waals surface area contributed by atoms with Gasteiger partial charge in [-0.25, -0.2) is 13.8 Å².